The first-order valence-corrected chi connectivity index (χ1v) is 15.5. The normalized spacial score (nSPS) is 21.7. The number of amides is 3. The van der Waals surface area contributed by atoms with Crippen molar-refractivity contribution in [3.05, 3.63) is 88.6 Å². The van der Waals surface area contributed by atoms with Crippen molar-refractivity contribution in [1.82, 2.24) is 25.0 Å². The van der Waals surface area contributed by atoms with Crippen LogP contribution >= 0.6 is 0 Å². The van der Waals surface area contributed by atoms with Gasteiger partial charge in [0.15, 0.2) is 0 Å². The number of pyridine rings is 1. The second kappa shape index (κ2) is 12.0. The zero-order chi connectivity index (χ0) is 29.3. The molecule has 7 rings (SSSR count). The quantitative estimate of drug-likeness (QED) is 0.420. The summed E-state index contributed by atoms with van der Waals surface area (Å²) in [6, 6.07) is 20.9. The molecular weight excluding hydrogens is 542 g/mol. The van der Waals surface area contributed by atoms with Crippen molar-refractivity contribution in [3.63, 3.8) is 0 Å². The van der Waals surface area contributed by atoms with Crippen LogP contribution in [-0.4, -0.2) is 76.6 Å². The highest BCUT2D eigenvalue weighted by Gasteiger charge is 2.45. The Kier molecular flexibility index (Phi) is 7.76. The van der Waals surface area contributed by atoms with E-state index in [1.165, 1.54) is 11.1 Å². The van der Waals surface area contributed by atoms with Gasteiger partial charge in [0.1, 0.15) is 5.75 Å². The average Bonchev–Trinajstić information content (AvgIpc) is 3.59. The molecule has 0 radical (unpaired) electrons. The van der Waals surface area contributed by atoms with Gasteiger partial charge in [-0.15, -0.1) is 0 Å². The van der Waals surface area contributed by atoms with Crippen LogP contribution in [0.2, 0.25) is 0 Å². The van der Waals surface area contributed by atoms with Crippen molar-refractivity contribution in [1.29, 1.82) is 0 Å². The summed E-state index contributed by atoms with van der Waals surface area (Å²) in [6.45, 7) is 7.48. The molecule has 0 bridgehead atoms. The lowest BCUT2D eigenvalue weighted by atomic mass is 9.98. The maximum Gasteiger partial charge on any atom is 0.321 e. The molecule has 1 aromatic heterocycles. The van der Waals surface area contributed by atoms with Gasteiger partial charge in [0.25, 0.3) is 5.91 Å². The predicted molar refractivity (Wildman–Crippen MR) is 162 cm³/mol. The number of ether oxygens (including phenoxy) is 2. The number of carbonyl (C=O) groups is 2. The van der Waals surface area contributed by atoms with Crippen LogP contribution in [0.1, 0.15) is 64.5 Å². The molecule has 4 aliphatic rings. The van der Waals surface area contributed by atoms with E-state index < -0.39 is 0 Å². The van der Waals surface area contributed by atoms with E-state index in [1.807, 2.05) is 31.2 Å². The van der Waals surface area contributed by atoms with Gasteiger partial charge in [-0.25, -0.2) is 9.78 Å². The van der Waals surface area contributed by atoms with E-state index in [9.17, 15) is 9.59 Å². The maximum atomic E-state index is 13.9. The molecule has 224 valence electrons. The summed E-state index contributed by atoms with van der Waals surface area (Å²) in [6.07, 6.45) is 3.76. The van der Waals surface area contributed by atoms with E-state index >= 15 is 0 Å². The van der Waals surface area contributed by atoms with Gasteiger partial charge in [0.2, 0.25) is 5.88 Å². The van der Waals surface area contributed by atoms with Crippen LogP contribution in [0.25, 0.3) is 0 Å². The second-order valence-electron chi connectivity index (χ2n) is 12.1. The molecule has 2 aromatic carbocycles. The van der Waals surface area contributed by atoms with Gasteiger partial charge in [0, 0.05) is 75.3 Å². The van der Waals surface area contributed by atoms with Crippen LogP contribution in [0.15, 0.2) is 60.7 Å². The third-order valence-corrected chi connectivity index (χ3v) is 9.49. The van der Waals surface area contributed by atoms with Crippen molar-refractivity contribution < 1.29 is 19.1 Å². The molecular formula is C34H39N5O4. The van der Waals surface area contributed by atoms with E-state index in [0.29, 0.717) is 23.7 Å². The summed E-state index contributed by atoms with van der Waals surface area (Å²) in [7, 11) is 0. The SMILES string of the molecule is Cc1nc(Oc2ccc3c(c2)CNC3=O)ccc1CN1CCC(N2C(=O)N(C3CCOCC3)C[C@H]2c2ccccc2)CC1. The zero-order valence-electron chi connectivity index (χ0n) is 24.7. The number of hydrogen-bond acceptors (Lipinski definition) is 6. The van der Waals surface area contributed by atoms with Gasteiger partial charge in [-0.3, -0.25) is 9.69 Å². The standard InChI is InChI=1S/C34H39N5O4/c1-23-25(7-10-32(36-23)43-29-8-9-30-26(19-29)20-35-33(30)40)21-37-15-11-28(12-16-37)39-31(24-5-3-2-4-6-24)22-38(34(39)41)27-13-17-42-18-14-27/h2-10,19,27-28,31H,11-18,20-22H2,1H3,(H,35,40)/t31-/m0/s1. The highest BCUT2D eigenvalue weighted by Crippen LogP contribution is 2.37. The topological polar surface area (TPSA) is 87.2 Å². The number of nitrogens with one attached hydrogen (secondary N) is 1. The number of aryl methyl sites for hydroxylation is 1. The number of hydrogen-bond donors (Lipinski definition) is 1. The summed E-state index contributed by atoms with van der Waals surface area (Å²) in [5, 5.41) is 2.84. The van der Waals surface area contributed by atoms with E-state index in [2.05, 4.69) is 50.3 Å². The zero-order valence-corrected chi connectivity index (χ0v) is 24.7. The molecule has 5 heterocycles. The van der Waals surface area contributed by atoms with Crippen molar-refractivity contribution in [2.45, 2.75) is 63.8 Å². The molecule has 0 saturated carbocycles. The Morgan fingerprint density at radius 1 is 0.953 bits per heavy atom. The molecule has 3 fully saturated rings. The molecule has 3 amide bonds. The van der Waals surface area contributed by atoms with Gasteiger partial charge in [-0.05, 0) is 67.5 Å². The Bertz CT molecular complexity index is 1480. The van der Waals surface area contributed by atoms with Crippen LogP contribution < -0.4 is 10.1 Å². The average molecular weight is 582 g/mol. The van der Waals surface area contributed by atoms with Crippen LogP contribution in [0.5, 0.6) is 11.6 Å². The number of piperidine rings is 1. The van der Waals surface area contributed by atoms with Crippen LogP contribution in [0.4, 0.5) is 4.79 Å². The number of likely N-dealkylation sites (tertiary alicyclic amines) is 1. The third-order valence-electron chi connectivity index (χ3n) is 9.49. The van der Waals surface area contributed by atoms with Crippen molar-refractivity contribution in [2.24, 2.45) is 0 Å². The summed E-state index contributed by atoms with van der Waals surface area (Å²) in [4.78, 5) is 37.3. The summed E-state index contributed by atoms with van der Waals surface area (Å²) >= 11 is 0. The summed E-state index contributed by atoms with van der Waals surface area (Å²) in [5.74, 6) is 1.19. The first-order chi connectivity index (χ1) is 21.0. The number of fused-ring (bicyclic) bond motifs is 1. The Balaban J connectivity index is 0.988. The molecule has 1 N–H and O–H groups in total. The number of carbonyl (C=O) groups excluding carboxylic acids is 2. The number of rotatable bonds is 7. The minimum atomic E-state index is -0.0381. The van der Waals surface area contributed by atoms with Gasteiger partial charge in [-0.2, -0.15) is 0 Å². The van der Waals surface area contributed by atoms with Gasteiger partial charge >= 0.3 is 6.03 Å². The van der Waals surface area contributed by atoms with Gasteiger partial charge < -0.3 is 24.6 Å². The molecule has 3 saturated heterocycles. The second-order valence-corrected chi connectivity index (χ2v) is 12.1. The lowest BCUT2D eigenvalue weighted by molar-refractivity contribution is 0.0493. The highest BCUT2D eigenvalue weighted by atomic mass is 16.5. The Morgan fingerprint density at radius 3 is 2.51 bits per heavy atom. The largest absolute Gasteiger partial charge is 0.439 e. The molecule has 43 heavy (non-hydrogen) atoms. The number of aromatic nitrogens is 1. The lowest BCUT2D eigenvalue weighted by Gasteiger charge is -2.39. The Hall–Kier alpha value is -3.95. The van der Waals surface area contributed by atoms with Crippen LogP contribution in [-0.2, 0) is 17.8 Å². The number of benzene rings is 2. The molecule has 4 aliphatic heterocycles. The van der Waals surface area contributed by atoms with Crippen LogP contribution in [0, 0.1) is 6.92 Å². The molecule has 0 spiro atoms. The van der Waals surface area contributed by atoms with Crippen molar-refractivity contribution >= 4 is 11.9 Å². The molecule has 9 nitrogen and oxygen atoms in total. The summed E-state index contributed by atoms with van der Waals surface area (Å²) < 4.78 is 11.6. The van der Waals surface area contributed by atoms with Gasteiger partial charge in [-0.1, -0.05) is 36.4 Å². The first-order valence-electron chi connectivity index (χ1n) is 15.5. The summed E-state index contributed by atoms with van der Waals surface area (Å²) in [5.41, 5.74) is 5.00. The Labute approximate surface area is 252 Å². The van der Waals surface area contributed by atoms with Gasteiger partial charge in [0.05, 0.1) is 6.04 Å². The smallest absolute Gasteiger partial charge is 0.321 e. The third kappa shape index (κ3) is 5.71. The first kappa shape index (κ1) is 27.9. The molecule has 3 aromatic rings. The Morgan fingerprint density at radius 2 is 1.74 bits per heavy atom. The predicted octanol–water partition coefficient (Wildman–Crippen LogP) is 5.05. The van der Waals surface area contributed by atoms with Crippen molar-refractivity contribution in [3.8, 4) is 11.6 Å². The molecule has 1 atom stereocenters. The fourth-order valence-corrected chi connectivity index (χ4v) is 7.07. The van der Waals surface area contributed by atoms with E-state index in [-0.39, 0.29) is 30.1 Å². The molecule has 9 heteroatoms. The lowest BCUT2D eigenvalue weighted by Crippen LogP contribution is -2.48. The van der Waals surface area contributed by atoms with E-state index in [0.717, 1.165) is 76.3 Å². The number of urea groups is 1. The fraction of sp³-hybridized carbons (Fsp3) is 0.441. The highest BCUT2D eigenvalue weighted by molar-refractivity contribution is 5.98. The molecule has 0 aliphatic carbocycles. The minimum Gasteiger partial charge on any atom is -0.439 e. The maximum absolute atomic E-state index is 13.9. The van der Waals surface area contributed by atoms with Crippen LogP contribution in [0.3, 0.4) is 0 Å². The molecule has 0 unspecified atom stereocenters. The van der Waals surface area contributed by atoms with Crippen molar-refractivity contribution in [2.75, 3.05) is 32.8 Å². The number of nitrogens with zero attached hydrogens (tertiary/aromatic N) is 4. The van der Waals surface area contributed by atoms with E-state index in [1.54, 1.807) is 6.07 Å². The minimum absolute atomic E-state index is 0.0381. The monoisotopic (exact) mass is 581 g/mol. The van der Waals surface area contributed by atoms with E-state index in [4.69, 9.17) is 14.5 Å². The fourth-order valence-electron chi connectivity index (χ4n) is 7.07.